The van der Waals surface area contributed by atoms with Crippen LogP contribution in [0.15, 0.2) is 49.1 Å². The Labute approximate surface area is 182 Å². The van der Waals surface area contributed by atoms with Crippen molar-refractivity contribution in [1.82, 2.24) is 24.1 Å². The lowest BCUT2D eigenvalue weighted by atomic mass is 10.1. The molecule has 10 nitrogen and oxygen atoms in total. The summed E-state index contributed by atoms with van der Waals surface area (Å²) in [6.45, 7) is 3.48. The topological polar surface area (TPSA) is 115 Å². The fourth-order valence-corrected chi connectivity index (χ4v) is 2.97. The van der Waals surface area contributed by atoms with Crippen LogP contribution in [-0.2, 0) is 11.8 Å². The standard InChI is InChI=1S/C21H20FN7O3/c1-12(2)32-21(31)25-14-9-23-20-26-18(11-29(20)10-14)15-8-13(4-5-16(15)22)24-19(30)17-6-7-28(3)27-17/h4-12H,1-3H3,(H,24,30)(H,25,31). The molecule has 0 bridgehead atoms. The van der Waals surface area contributed by atoms with Crippen LogP contribution in [-0.4, -0.2) is 42.3 Å². The smallest absolute Gasteiger partial charge is 0.411 e. The molecule has 4 rings (SSSR count). The van der Waals surface area contributed by atoms with Gasteiger partial charge in [-0.3, -0.25) is 19.2 Å². The van der Waals surface area contributed by atoms with Crippen molar-refractivity contribution in [2.75, 3.05) is 10.6 Å². The second-order valence-corrected chi connectivity index (χ2v) is 7.28. The van der Waals surface area contributed by atoms with Gasteiger partial charge in [0.15, 0.2) is 5.69 Å². The first-order valence-electron chi connectivity index (χ1n) is 9.72. The second kappa shape index (κ2) is 8.46. The molecular formula is C21H20FN7O3. The highest BCUT2D eigenvalue weighted by Crippen LogP contribution is 2.26. The van der Waals surface area contributed by atoms with Crippen molar-refractivity contribution in [2.45, 2.75) is 20.0 Å². The molecule has 11 heteroatoms. The molecule has 3 aromatic heterocycles. The van der Waals surface area contributed by atoms with E-state index in [2.05, 4.69) is 25.7 Å². The van der Waals surface area contributed by atoms with E-state index in [-0.39, 0.29) is 17.4 Å². The lowest BCUT2D eigenvalue weighted by Gasteiger charge is -2.09. The molecule has 2 amide bonds. The minimum absolute atomic E-state index is 0.183. The van der Waals surface area contributed by atoms with E-state index >= 15 is 0 Å². The Morgan fingerprint density at radius 3 is 2.66 bits per heavy atom. The number of aromatic nitrogens is 5. The Hall–Kier alpha value is -4.28. The molecule has 0 unspecified atom stereocenters. The molecule has 1 aromatic carbocycles. The summed E-state index contributed by atoms with van der Waals surface area (Å²) in [6.07, 6.45) is 5.37. The number of nitrogens with one attached hydrogen (secondary N) is 2. The van der Waals surface area contributed by atoms with Crippen molar-refractivity contribution in [1.29, 1.82) is 0 Å². The average Bonchev–Trinajstić information content (AvgIpc) is 3.34. The van der Waals surface area contributed by atoms with Gasteiger partial charge in [0.1, 0.15) is 5.82 Å². The number of aryl methyl sites for hydroxylation is 1. The molecule has 3 heterocycles. The number of hydrogen-bond acceptors (Lipinski definition) is 6. The summed E-state index contributed by atoms with van der Waals surface area (Å²) in [4.78, 5) is 32.6. The van der Waals surface area contributed by atoms with Crippen molar-refractivity contribution >= 4 is 29.2 Å². The van der Waals surface area contributed by atoms with Crippen LogP contribution < -0.4 is 10.6 Å². The van der Waals surface area contributed by atoms with Gasteiger partial charge in [0.2, 0.25) is 5.78 Å². The predicted molar refractivity (Wildman–Crippen MR) is 115 cm³/mol. The molecule has 0 atom stereocenters. The van der Waals surface area contributed by atoms with Gasteiger partial charge >= 0.3 is 6.09 Å². The molecule has 2 N–H and O–H groups in total. The number of nitrogens with zero attached hydrogens (tertiary/aromatic N) is 5. The summed E-state index contributed by atoms with van der Waals surface area (Å²) in [5.74, 6) is -0.614. The molecular weight excluding hydrogens is 417 g/mol. The highest BCUT2D eigenvalue weighted by molar-refractivity contribution is 6.03. The number of benzene rings is 1. The zero-order valence-electron chi connectivity index (χ0n) is 17.5. The minimum atomic E-state index is -0.608. The number of rotatable bonds is 5. The zero-order chi connectivity index (χ0) is 22.8. The number of anilines is 2. The summed E-state index contributed by atoms with van der Waals surface area (Å²) in [6, 6.07) is 5.76. The van der Waals surface area contributed by atoms with Crippen molar-refractivity contribution in [2.24, 2.45) is 7.05 Å². The van der Waals surface area contributed by atoms with E-state index in [4.69, 9.17) is 4.74 Å². The van der Waals surface area contributed by atoms with Crippen LogP contribution in [0.1, 0.15) is 24.3 Å². The highest BCUT2D eigenvalue weighted by Gasteiger charge is 2.15. The van der Waals surface area contributed by atoms with Crippen LogP contribution in [0.5, 0.6) is 0 Å². The van der Waals surface area contributed by atoms with E-state index in [1.54, 1.807) is 50.0 Å². The lowest BCUT2D eigenvalue weighted by Crippen LogP contribution is -2.18. The van der Waals surface area contributed by atoms with Crippen LogP contribution >= 0.6 is 0 Å². The Balaban J connectivity index is 1.58. The van der Waals surface area contributed by atoms with Gasteiger partial charge in [0, 0.05) is 36.9 Å². The monoisotopic (exact) mass is 437 g/mol. The average molecular weight is 437 g/mol. The Bertz CT molecular complexity index is 1310. The van der Waals surface area contributed by atoms with Crippen molar-refractivity contribution in [3.8, 4) is 11.3 Å². The molecule has 0 aliphatic carbocycles. The van der Waals surface area contributed by atoms with Crippen LogP contribution in [0.25, 0.3) is 17.0 Å². The van der Waals surface area contributed by atoms with Crippen LogP contribution in [0.2, 0.25) is 0 Å². The summed E-state index contributed by atoms with van der Waals surface area (Å²) in [5.41, 5.74) is 1.52. The number of fused-ring (bicyclic) bond motifs is 1. The quantitative estimate of drug-likeness (QED) is 0.494. The van der Waals surface area contributed by atoms with Gasteiger partial charge in [0.05, 0.1) is 23.7 Å². The van der Waals surface area contributed by atoms with Gasteiger partial charge in [0.25, 0.3) is 5.91 Å². The molecule has 0 saturated carbocycles. The zero-order valence-corrected chi connectivity index (χ0v) is 17.5. The maximum atomic E-state index is 14.5. The number of imidazole rings is 1. The minimum Gasteiger partial charge on any atom is -0.447 e. The molecule has 4 aromatic rings. The van der Waals surface area contributed by atoms with E-state index in [1.807, 2.05) is 0 Å². The SMILES string of the molecule is CC(C)OC(=O)Nc1cnc2nc(-c3cc(NC(=O)c4ccn(C)n4)ccc3F)cn2c1. The summed E-state index contributed by atoms with van der Waals surface area (Å²) < 4.78 is 22.7. The number of halogens is 1. The molecule has 32 heavy (non-hydrogen) atoms. The summed E-state index contributed by atoms with van der Waals surface area (Å²) in [5, 5.41) is 9.31. The third-order valence-electron chi connectivity index (χ3n) is 4.35. The Kier molecular flexibility index (Phi) is 5.54. The number of hydrogen-bond donors (Lipinski definition) is 2. The van der Waals surface area contributed by atoms with E-state index in [9.17, 15) is 14.0 Å². The molecule has 0 fully saturated rings. The Morgan fingerprint density at radius 2 is 1.94 bits per heavy atom. The second-order valence-electron chi connectivity index (χ2n) is 7.28. The fourth-order valence-electron chi connectivity index (χ4n) is 2.97. The molecule has 0 radical (unpaired) electrons. The van der Waals surface area contributed by atoms with E-state index in [1.165, 1.54) is 29.1 Å². The maximum Gasteiger partial charge on any atom is 0.411 e. The van der Waals surface area contributed by atoms with Crippen molar-refractivity contribution in [3.63, 3.8) is 0 Å². The molecule has 0 aliphatic rings. The normalized spacial score (nSPS) is 11.0. The Morgan fingerprint density at radius 1 is 1.12 bits per heavy atom. The first-order valence-corrected chi connectivity index (χ1v) is 9.72. The lowest BCUT2D eigenvalue weighted by molar-refractivity contribution is 0.102. The van der Waals surface area contributed by atoms with E-state index in [0.29, 0.717) is 22.8 Å². The molecule has 0 aliphatic heterocycles. The number of amides is 2. The van der Waals surface area contributed by atoms with Gasteiger partial charge in [-0.2, -0.15) is 5.10 Å². The maximum absolute atomic E-state index is 14.5. The van der Waals surface area contributed by atoms with E-state index in [0.717, 1.165) is 0 Å². The highest BCUT2D eigenvalue weighted by atomic mass is 19.1. The fraction of sp³-hybridized carbons (Fsp3) is 0.190. The van der Waals surface area contributed by atoms with Gasteiger partial charge in [-0.05, 0) is 38.1 Å². The predicted octanol–water partition coefficient (Wildman–Crippen LogP) is 3.48. The first kappa shape index (κ1) is 21.0. The number of ether oxygens (including phenoxy) is 1. The van der Waals surface area contributed by atoms with Gasteiger partial charge in [-0.25, -0.2) is 19.2 Å². The van der Waals surface area contributed by atoms with Crippen LogP contribution in [0, 0.1) is 5.82 Å². The molecule has 164 valence electrons. The van der Waals surface area contributed by atoms with Crippen LogP contribution in [0.4, 0.5) is 20.6 Å². The third kappa shape index (κ3) is 4.56. The van der Waals surface area contributed by atoms with Gasteiger partial charge < -0.3 is 10.1 Å². The molecule has 0 saturated heterocycles. The number of carbonyl (C=O) groups is 2. The number of carbonyl (C=O) groups excluding carboxylic acids is 2. The van der Waals surface area contributed by atoms with Crippen molar-refractivity contribution < 1.29 is 18.7 Å². The summed E-state index contributed by atoms with van der Waals surface area (Å²) >= 11 is 0. The van der Waals surface area contributed by atoms with Crippen molar-refractivity contribution in [3.05, 3.63) is 60.6 Å². The van der Waals surface area contributed by atoms with E-state index < -0.39 is 17.8 Å². The van der Waals surface area contributed by atoms with Gasteiger partial charge in [-0.15, -0.1) is 0 Å². The summed E-state index contributed by atoms with van der Waals surface area (Å²) in [7, 11) is 1.71. The third-order valence-corrected chi connectivity index (χ3v) is 4.35. The van der Waals surface area contributed by atoms with Crippen LogP contribution in [0.3, 0.4) is 0 Å². The largest absolute Gasteiger partial charge is 0.447 e. The van der Waals surface area contributed by atoms with Gasteiger partial charge in [-0.1, -0.05) is 0 Å². The molecule has 0 spiro atoms. The first-order chi connectivity index (χ1) is 15.3.